The average Bonchev–Trinajstić information content (AvgIpc) is 3.06. The number of sulfonamides is 1. The summed E-state index contributed by atoms with van der Waals surface area (Å²) in [6, 6.07) is 17.3. The molecule has 0 saturated heterocycles. The van der Waals surface area contributed by atoms with Crippen molar-refractivity contribution >= 4 is 32.6 Å². The molecule has 0 aliphatic carbocycles. The Kier molecular flexibility index (Phi) is 4.79. The maximum Gasteiger partial charge on any atom is 0.340 e. The zero-order valence-electron chi connectivity index (χ0n) is 15.7. The molecule has 30 heavy (non-hydrogen) atoms. The maximum absolute atomic E-state index is 13.3. The standard InChI is InChI=1S/C22H16FNO5S/c1-30(27,28)24-18-12-19-17(11-16(18)13-5-3-2-4-6-13)20(22(25)26)21(29-19)14-7-9-15(23)10-8-14/h2-12,24H,1H3,(H,25,26). The normalized spacial score (nSPS) is 11.5. The molecular weight excluding hydrogens is 409 g/mol. The second-order valence-corrected chi connectivity index (χ2v) is 8.50. The molecule has 3 aromatic carbocycles. The van der Waals surface area contributed by atoms with Gasteiger partial charge < -0.3 is 9.52 Å². The number of furan rings is 1. The van der Waals surface area contributed by atoms with E-state index in [1.165, 1.54) is 30.3 Å². The van der Waals surface area contributed by atoms with Crippen LogP contribution in [0.15, 0.2) is 71.1 Å². The molecular formula is C22H16FNO5S. The third-order valence-corrected chi connectivity index (χ3v) is 5.12. The van der Waals surface area contributed by atoms with E-state index < -0.39 is 21.8 Å². The van der Waals surface area contributed by atoms with Crippen LogP contribution in [-0.4, -0.2) is 25.7 Å². The van der Waals surface area contributed by atoms with Crippen LogP contribution >= 0.6 is 0 Å². The number of carboxylic acids is 1. The van der Waals surface area contributed by atoms with Crippen molar-refractivity contribution in [3.8, 4) is 22.5 Å². The Morgan fingerprint density at radius 3 is 2.27 bits per heavy atom. The number of aromatic carboxylic acids is 1. The summed E-state index contributed by atoms with van der Waals surface area (Å²) in [6.45, 7) is 0. The number of carboxylic acid groups (broad SMARTS) is 1. The van der Waals surface area contributed by atoms with Crippen LogP contribution < -0.4 is 4.72 Å². The minimum absolute atomic E-state index is 0.0630. The Balaban J connectivity index is 2.03. The number of carbonyl (C=O) groups is 1. The third-order valence-electron chi connectivity index (χ3n) is 4.53. The summed E-state index contributed by atoms with van der Waals surface area (Å²) >= 11 is 0. The zero-order valence-corrected chi connectivity index (χ0v) is 16.5. The van der Waals surface area contributed by atoms with E-state index in [9.17, 15) is 22.7 Å². The highest BCUT2D eigenvalue weighted by Gasteiger charge is 2.24. The maximum atomic E-state index is 13.3. The van der Waals surface area contributed by atoms with Gasteiger partial charge in [-0.25, -0.2) is 17.6 Å². The Morgan fingerprint density at radius 1 is 1.00 bits per heavy atom. The number of hydrogen-bond donors (Lipinski definition) is 2. The van der Waals surface area contributed by atoms with Crippen LogP contribution in [0.4, 0.5) is 10.1 Å². The molecule has 2 N–H and O–H groups in total. The Labute approximate surface area is 171 Å². The van der Waals surface area contributed by atoms with E-state index in [-0.39, 0.29) is 22.6 Å². The zero-order chi connectivity index (χ0) is 21.5. The van der Waals surface area contributed by atoms with Crippen molar-refractivity contribution in [2.45, 2.75) is 0 Å². The third kappa shape index (κ3) is 3.77. The van der Waals surface area contributed by atoms with Crippen molar-refractivity contribution < 1.29 is 27.1 Å². The van der Waals surface area contributed by atoms with E-state index in [0.29, 0.717) is 22.1 Å². The van der Waals surface area contributed by atoms with Crippen LogP contribution in [0.2, 0.25) is 0 Å². The van der Waals surface area contributed by atoms with Gasteiger partial charge in [0.25, 0.3) is 0 Å². The first-order valence-electron chi connectivity index (χ1n) is 8.86. The van der Waals surface area contributed by atoms with Crippen LogP contribution in [0.1, 0.15) is 10.4 Å². The van der Waals surface area contributed by atoms with E-state index in [1.54, 1.807) is 30.3 Å². The molecule has 0 amide bonds. The van der Waals surface area contributed by atoms with Gasteiger partial charge in [0, 0.05) is 22.6 Å². The van der Waals surface area contributed by atoms with E-state index in [4.69, 9.17) is 4.42 Å². The first kappa shape index (κ1) is 19.7. The number of fused-ring (bicyclic) bond motifs is 1. The van der Waals surface area contributed by atoms with E-state index in [1.807, 2.05) is 6.07 Å². The highest BCUT2D eigenvalue weighted by atomic mass is 32.2. The van der Waals surface area contributed by atoms with E-state index in [0.717, 1.165) is 6.26 Å². The highest BCUT2D eigenvalue weighted by Crippen LogP contribution is 2.39. The predicted molar refractivity (Wildman–Crippen MR) is 112 cm³/mol. The van der Waals surface area contributed by atoms with Gasteiger partial charge in [-0.3, -0.25) is 4.72 Å². The lowest BCUT2D eigenvalue weighted by molar-refractivity contribution is 0.0699. The Morgan fingerprint density at radius 2 is 1.67 bits per heavy atom. The van der Waals surface area contributed by atoms with E-state index >= 15 is 0 Å². The molecule has 0 spiro atoms. The van der Waals surface area contributed by atoms with Gasteiger partial charge in [-0.2, -0.15) is 0 Å². The number of nitrogens with one attached hydrogen (secondary N) is 1. The van der Waals surface area contributed by atoms with Crippen LogP contribution in [0.25, 0.3) is 33.4 Å². The second kappa shape index (κ2) is 7.31. The summed E-state index contributed by atoms with van der Waals surface area (Å²) in [5, 5.41) is 10.1. The van der Waals surface area contributed by atoms with Crippen molar-refractivity contribution in [3.05, 3.63) is 78.1 Å². The van der Waals surface area contributed by atoms with Crippen molar-refractivity contribution in [1.29, 1.82) is 0 Å². The molecule has 4 aromatic rings. The first-order valence-corrected chi connectivity index (χ1v) is 10.7. The lowest BCUT2D eigenvalue weighted by Crippen LogP contribution is -2.10. The Hall–Kier alpha value is -3.65. The molecule has 4 rings (SSSR count). The quantitative estimate of drug-likeness (QED) is 0.470. The molecule has 6 nitrogen and oxygen atoms in total. The summed E-state index contributed by atoms with van der Waals surface area (Å²) in [5.41, 5.74) is 1.96. The SMILES string of the molecule is CS(=O)(=O)Nc1cc2oc(-c3ccc(F)cc3)c(C(=O)O)c2cc1-c1ccccc1. The van der Waals surface area contributed by atoms with Crippen molar-refractivity contribution in [3.63, 3.8) is 0 Å². The van der Waals surface area contributed by atoms with Crippen LogP contribution in [0, 0.1) is 5.82 Å². The van der Waals surface area contributed by atoms with Crippen molar-refractivity contribution in [1.82, 2.24) is 0 Å². The van der Waals surface area contributed by atoms with Gasteiger partial charge in [-0.1, -0.05) is 30.3 Å². The predicted octanol–water partition coefficient (Wildman–Crippen LogP) is 4.98. The first-order chi connectivity index (χ1) is 14.2. The molecule has 0 aliphatic rings. The lowest BCUT2D eigenvalue weighted by atomic mass is 9.99. The number of hydrogen-bond acceptors (Lipinski definition) is 4. The molecule has 0 radical (unpaired) electrons. The van der Waals surface area contributed by atoms with Crippen LogP contribution in [-0.2, 0) is 10.0 Å². The fourth-order valence-corrected chi connectivity index (χ4v) is 3.87. The van der Waals surface area contributed by atoms with Gasteiger partial charge in [0.2, 0.25) is 10.0 Å². The number of rotatable bonds is 5. The van der Waals surface area contributed by atoms with Crippen LogP contribution in [0.3, 0.4) is 0 Å². The largest absolute Gasteiger partial charge is 0.478 e. The second-order valence-electron chi connectivity index (χ2n) is 6.75. The average molecular weight is 425 g/mol. The molecule has 0 bridgehead atoms. The molecule has 0 atom stereocenters. The molecule has 0 aliphatic heterocycles. The summed E-state index contributed by atoms with van der Waals surface area (Å²) < 4.78 is 45.3. The molecule has 0 saturated carbocycles. The fraction of sp³-hybridized carbons (Fsp3) is 0.0455. The van der Waals surface area contributed by atoms with Gasteiger partial charge in [-0.05, 0) is 35.9 Å². The molecule has 0 fully saturated rings. The monoisotopic (exact) mass is 425 g/mol. The van der Waals surface area contributed by atoms with Gasteiger partial charge in [0.05, 0.1) is 11.9 Å². The lowest BCUT2D eigenvalue weighted by Gasteiger charge is -2.11. The van der Waals surface area contributed by atoms with E-state index in [2.05, 4.69) is 4.72 Å². The Bertz CT molecular complexity index is 1360. The van der Waals surface area contributed by atoms with Crippen molar-refractivity contribution in [2.24, 2.45) is 0 Å². The molecule has 1 heterocycles. The minimum atomic E-state index is -3.60. The summed E-state index contributed by atoms with van der Waals surface area (Å²) in [6.07, 6.45) is 1.03. The number of halogens is 1. The summed E-state index contributed by atoms with van der Waals surface area (Å²) in [7, 11) is -3.60. The van der Waals surface area contributed by atoms with Crippen molar-refractivity contribution in [2.75, 3.05) is 11.0 Å². The molecule has 1 aromatic heterocycles. The number of anilines is 1. The van der Waals surface area contributed by atoms with Gasteiger partial charge >= 0.3 is 5.97 Å². The number of benzene rings is 3. The molecule has 152 valence electrons. The minimum Gasteiger partial charge on any atom is -0.478 e. The topological polar surface area (TPSA) is 96.6 Å². The van der Waals surface area contributed by atoms with Gasteiger partial charge in [0.15, 0.2) is 0 Å². The summed E-state index contributed by atoms with van der Waals surface area (Å²) in [4.78, 5) is 12.1. The van der Waals surface area contributed by atoms with Crippen LogP contribution in [0.5, 0.6) is 0 Å². The molecule has 8 heteroatoms. The fourth-order valence-electron chi connectivity index (χ4n) is 3.30. The van der Waals surface area contributed by atoms with Gasteiger partial charge in [0.1, 0.15) is 22.7 Å². The highest BCUT2D eigenvalue weighted by molar-refractivity contribution is 7.92. The smallest absolute Gasteiger partial charge is 0.340 e. The summed E-state index contributed by atoms with van der Waals surface area (Å²) in [5.74, 6) is -1.61. The van der Waals surface area contributed by atoms with Gasteiger partial charge in [-0.15, -0.1) is 0 Å². The molecule has 0 unspecified atom stereocenters.